The molecule has 3 nitrogen and oxygen atoms in total. The summed E-state index contributed by atoms with van der Waals surface area (Å²) in [5, 5.41) is 9.07. The molecule has 1 saturated carbocycles. The van der Waals surface area contributed by atoms with E-state index in [1.807, 2.05) is 0 Å². The molecule has 0 aromatic rings. The predicted octanol–water partition coefficient (Wildman–Crippen LogP) is 1.59. The van der Waals surface area contributed by atoms with Crippen molar-refractivity contribution in [2.75, 3.05) is 13.2 Å². The van der Waals surface area contributed by atoms with Crippen LogP contribution in [0.2, 0.25) is 0 Å². The van der Waals surface area contributed by atoms with Gasteiger partial charge in [-0.1, -0.05) is 13.8 Å². The number of ketones is 1. The van der Waals surface area contributed by atoms with Crippen molar-refractivity contribution in [2.45, 2.75) is 58.0 Å². The molecule has 0 aromatic carbocycles. The van der Waals surface area contributed by atoms with Crippen LogP contribution in [0.4, 0.5) is 0 Å². The molecule has 0 radical (unpaired) electrons. The molecule has 1 atom stereocenters. The average Bonchev–Trinajstić information content (AvgIpc) is 2.65. The van der Waals surface area contributed by atoms with Gasteiger partial charge in [0, 0.05) is 19.0 Å². The van der Waals surface area contributed by atoms with Crippen LogP contribution in [0.5, 0.6) is 0 Å². The zero-order valence-corrected chi connectivity index (χ0v) is 9.91. The van der Waals surface area contributed by atoms with Crippen LogP contribution in [-0.2, 0) is 4.79 Å². The lowest BCUT2D eigenvalue weighted by molar-refractivity contribution is -0.123. The van der Waals surface area contributed by atoms with Gasteiger partial charge in [0.1, 0.15) is 5.78 Å². The Morgan fingerprint density at radius 3 is 2.53 bits per heavy atom. The number of rotatable bonds is 6. The Kier molecular flexibility index (Phi) is 5.26. The third kappa shape index (κ3) is 3.02. The molecule has 1 unspecified atom stereocenters. The minimum atomic E-state index is 0.0852. The highest BCUT2D eigenvalue weighted by Crippen LogP contribution is 2.24. The number of carbonyl (C=O) groups excluding carboxylic acids is 1. The van der Waals surface area contributed by atoms with E-state index in [9.17, 15) is 4.79 Å². The summed E-state index contributed by atoms with van der Waals surface area (Å²) in [5.41, 5.74) is 0. The number of aliphatic hydroxyl groups is 1. The lowest BCUT2D eigenvalue weighted by Gasteiger charge is -2.34. The lowest BCUT2D eigenvalue weighted by atomic mass is 10.1. The number of hydrogen-bond acceptors (Lipinski definition) is 3. The fraction of sp³-hybridized carbons (Fsp3) is 0.917. The van der Waals surface area contributed by atoms with E-state index in [0.717, 1.165) is 32.1 Å². The first kappa shape index (κ1) is 12.7. The van der Waals surface area contributed by atoms with Crippen molar-refractivity contribution in [1.82, 2.24) is 4.90 Å². The van der Waals surface area contributed by atoms with Gasteiger partial charge in [0.2, 0.25) is 0 Å². The maximum Gasteiger partial charge on any atom is 0.149 e. The monoisotopic (exact) mass is 213 g/mol. The summed E-state index contributed by atoms with van der Waals surface area (Å²) in [4.78, 5) is 13.9. The quantitative estimate of drug-likeness (QED) is 0.728. The molecule has 1 aliphatic rings. The maximum atomic E-state index is 11.7. The molecule has 0 saturated heterocycles. The summed E-state index contributed by atoms with van der Waals surface area (Å²) in [6, 6.07) is 0.534. The molecule has 1 fully saturated rings. The Morgan fingerprint density at radius 1 is 1.47 bits per heavy atom. The smallest absolute Gasteiger partial charge is 0.149 e. The van der Waals surface area contributed by atoms with Gasteiger partial charge in [-0.15, -0.1) is 0 Å². The summed E-state index contributed by atoms with van der Waals surface area (Å²) >= 11 is 0. The summed E-state index contributed by atoms with van der Waals surface area (Å²) in [7, 11) is 0. The molecule has 88 valence electrons. The Balaban J connectivity index is 2.66. The molecule has 0 heterocycles. The molecule has 3 heteroatoms. The largest absolute Gasteiger partial charge is 0.395 e. The zero-order valence-electron chi connectivity index (χ0n) is 9.91. The Labute approximate surface area is 92.5 Å². The predicted molar refractivity (Wildman–Crippen MR) is 60.8 cm³/mol. The fourth-order valence-corrected chi connectivity index (χ4v) is 2.61. The van der Waals surface area contributed by atoms with Crippen LogP contribution >= 0.6 is 0 Å². The van der Waals surface area contributed by atoms with Gasteiger partial charge in [0.05, 0.1) is 12.6 Å². The second kappa shape index (κ2) is 6.23. The van der Waals surface area contributed by atoms with Gasteiger partial charge in [0.25, 0.3) is 0 Å². The molecular weight excluding hydrogens is 190 g/mol. The van der Waals surface area contributed by atoms with Crippen LogP contribution in [-0.4, -0.2) is 41.0 Å². The van der Waals surface area contributed by atoms with Crippen LogP contribution in [0, 0.1) is 0 Å². The Hall–Kier alpha value is -0.410. The standard InChI is InChI=1S/C12H23NO2/c1-3-10(4-2)13(8-9-14)11-6-5-7-12(11)15/h10-11,14H,3-9H2,1-2H3. The van der Waals surface area contributed by atoms with Gasteiger partial charge >= 0.3 is 0 Å². The fourth-order valence-electron chi connectivity index (χ4n) is 2.61. The highest BCUT2D eigenvalue weighted by atomic mass is 16.3. The van der Waals surface area contributed by atoms with Crippen molar-refractivity contribution in [3.8, 4) is 0 Å². The van der Waals surface area contributed by atoms with E-state index in [-0.39, 0.29) is 12.6 Å². The van der Waals surface area contributed by atoms with Crippen molar-refractivity contribution < 1.29 is 9.90 Å². The number of carbonyl (C=O) groups is 1. The first-order valence-corrected chi connectivity index (χ1v) is 6.13. The molecule has 15 heavy (non-hydrogen) atoms. The van der Waals surface area contributed by atoms with E-state index in [1.165, 1.54) is 0 Å². The maximum absolute atomic E-state index is 11.7. The van der Waals surface area contributed by atoms with Crippen LogP contribution in [0.3, 0.4) is 0 Å². The van der Waals surface area contributed by atoms with E-state index >= 15 is 0 Å². The highest BCUT2D eigenvalue weighted by Gasteiger charge is 2.32. The van der Waals surface area contributed by atoms with Crippen molar-refractivity contribution in [3.63, 3.8) is 0 Å². The first-order chi connectivity index (χ1) is 7.24. The normalized spacial score (nSPS) is 21.9. The molecule has 1 rings (SSSR count). The summed E-state index contributed by atoms with van der Waals surface area (Å²) in [6.07, 6.45) is 4.84. The number of aliphatic hydroxyl groups excluding tert-OH is 1. The van der Waals surface area contributed by atoms with E-state index in [2.05, 4.69) is 18.7 Å². The Morgan fingerprint density at radius 2 is 2.13 bits per heavy atom. The van der Waals surface area contributed by atoms with Crippen molar-refractivity contribution in [3.05, 3.63) is 0 Å². The molecule has 0 spiro atoms. The molecule has 0 aliphatic heterocycles. The van der Waals surface area contributed by atoms with Crippen LogP contribution in [0.15, 0.2) is 0 Å². The SMILES string of the molecule is CCC(CC)N(CCO)C1CCCC1=O. The topological polar surface area (TPSA) is 40.5 Å². The van der Waals surface area contributed by atoms with Gasteiger partial charge < -0.3 is 5.11 Å². The van der Waals surface area contributed by atoms with Crippen LogP contribution < -0.4 is 0 Å². The van der Waals surface area contributed by atoms with E-state index in [1.54, 1.807) is 0 Å². The summed E-state index contributed by atoms with van der Waals surface area (Å²) in [6.45, 7) is 5.10. The first-order valence-electron chi connectivity index (χ1n) is 6.13. The Bertz CT molecular complexity index is 202. The molecule has 1 aliphatic carbocycles. The minimum absolute atomic E-state index is 0.0852. The van der Waals surface area contributed by atoms with E-state index in [0.29, 0.717) is 18.4 Å². The van der Waals surface area contributed by atoms with E-state index < -0.39 is 0 Å². The second-order valence-corrected chi connectivity index (χ2v) is 4.31. The average molecular weight is 213 g/mol. The van der Waals surface area contributed by atoms with Crippen LogP contribution in [0.1, 0.15) is 46.0 Å². The van der Waals surface area contributed by atoms with Crippen molar-refractivity contribution >= 4 is 5.78 Å². The second-order valence-electron chi connectivity index (χ2n) is 4.31. The van der Waals surface area contributed by atoms with Crippen molar-refractivity contribution in [1.29, 1.82) is 0 Å². The van der Waals surface area contributed by atoms with E-state index in [4.69, 9.17) is 5.11 Å². The molecule has 0 aromatic heterocycles. The summed E-state index contributed by atoms with van der Waals surface area (Å²) in [5.74, 6) is 0.371. The van der Waals surface area contributed by atoms with Gasteiger partial charge in [-0.25, -0.2) is 0 Å². The van der Waals surface area contributed by atoms with Gasteiger partial charge in [-0.05, 0) is 25.7 Å². The third-order valence-corrected chi connectivity index (χ3v) is 3.44. The molecule has 1 N–H and O–H groups in total. The number of hydrogen-bond donors (Lipinski definition) is 1. The highest BCUT2D eigenvalue weighted by molar-refractivity contribution is 5.85. The number of nitrogens with zero attached hydrogens (tertiary/aromatic N) is 1. The van der Waals surface area contributed by atoms with Crippen LogP contribution in [0.25, 0.3) is 0 Å². The van der Waals surface area contributed by atoms with Gasteiger partial charge in [-0.3, -0.25) is 9.69 Å². The zero-order chi connectivity index (χ0) is 11.3. The minimum Gasteiger partial charge on any atom is -0.395 e. The van der Waals surface area contributed by atoms with Gasteiger partial charge in [0.15, 0.2) is 0 Å². The molecule has 0 bridgehead atoms. The summed E-state index contributed by atoms with van der Waals surface area (Å²) < 4.78 is 0. The molecular formula is C12H23NO2. The molecule has 0 amide bonds. The van der Waals surface area contributed by atoms with Crippen molar-refractivity contribution in [2.24, 2.45) is 0 Å². The number of Topliss-reactive ketones (excluding diaryl/α,β-unsaturated/α-hetero) is 1. The third-order valence-electron chi connectivity index (χ3n) is 3.44. The van der Waals surface area contributed by atoms with Gasteiger partial charge in [-0.2, -0.15) is 0 Å². The lowest BCUT2D eigenvalue weighted by Crippen LogP contribution is -2.46.